The number of para-hydroxylation sites is 1. The molecule has 0 bridgehead atoms. The molecule has 0 unspecified atom stereocenters. The van der Waals surface area contributed by atoms with E-state index in [-0.39, 0.29) is 0 Å². The van der Waals surface area contributed by atoms with Crippen molar-refractivity contribution in [2.45, 2.75) is 0 Å². The lowest BCUT2D eigenvalue weighted by Gasteiger charge is -2.09. The molecule has 0 spiro atoms. The van der Waals surface area contributed by atoms with Crippen molar-refractivity contribution in [3.05, 3.63) is 90.5 Å². The normalized spacial score (nSPS) is 11.1. The Hall–Kier alpha value is -3.24. The molecular weight excluding hydrogens is 338 g/mol. The van der Waals surface area contributed by atoms with Gasteiger partial charge in [0.1, 0.15) is 0 Å². The molecular formula is C22H17N3S. The molecule has 4 heteroatoms. The number of fused-ring (bicyclic) bond motifs is 2. The maximum absolute atomic E-state index is 5.31. The van der Waals surface area contributed by atoms with Crippen molar-refractivity contribution in [2.24, 2.45) is 5.10 Å². The SMILES string of the molecule is S=C(NN=Cc1c2ccccc2cc2ccccc12)Nc1ccccc1. The topological polar surface area (TPSA) is 36.4 Å². The number of nitrogens with zero attached hydrogens (tertiary/aromatic N) is 1. The molecule has 26 heavy (non-hydrogen) atoms. The van der Waals surface area contributed by atoms with E-state index < -0.39 is 0 Å². The minimum absolute atomic E-state index is 0.456. The highest BCUT2D eigenvalue weighted by Crippen LogP contribution is 2.27. The van der Waals surface area contributed by atoms with Crippen LogP contribution >= 0.6 is 12.2 Å². The maximum atomic E-state index is 5.31. The van der Waals surface area contributed by atoms with Crippen LogP contribution in [0.25, 0.3) is 21.5 Å². The van der Waals surface area contributed by atoms with Gasteiger partial charge in [0.05, 0.1) is 6.21 Å². The van der Waals surface area contributed by atoms with Crippen LogP contribution in [0.3, 0.4) is 0 Å². The number of hydrogen-bond donors (Lipinski definition) is 2. The number of benzene rings is 4. The summed E-state index contributed by atoms with van der Waals surface area (Å²) < 4.78 is 0. The van der Waals surface area contributed by atoms with Gasteiger partial charge in [0.2, 0.25) is 0 Å². The van der Waals surface area contributed by atoms with Crippen LogP contribution in [-0.4, -0.2) is 11.3 Å². The molecule has 0 fully saturated rings. The molecule has 126 valence electrons. The van der Waals surface area contributed by atoms with Gasteiger partial charge in [-0.1, -0.05) is 66.7 Å². The number of rotatable bonds is 3. The number of hydrazone groups is 1. The van der Waals surface area contributed by atoms with Gasteiger partial charge in [-0.05, 0) is 52.0 Å². The van der Waals surface area contributed by atoms with Crippen molar-refractivity contribution >= 4 is 50.8 Å². The molecule has 0 atom stereocenters. The summed E-state index contributed by atoms with van der Waals surface area (Å²) in [4.78, 5) is 0. The monoisotopic (exact) mass is 355 g/mol. The predicted octanol–water partition coefficient (Wildman–Crippen LogP) is 5.31. The summed E-state index contributed by atoms with van der Waals surface area (Å²) in [5, 5.41) is 12.6. The van der Waals surface area contributed by atoms with Gasteiger partial charge in [0, 0.05) is 11.3 Å². The highest BCUT2D eigenvalue weighted by Gasteiger charge is 2.05. The number of thiocarbonyl (C=S) groups is 1. The van der Waals surface area contributed by atoms with E-state index in [1.807, 2.05) is 48.7 Å². The van der Waals surface area contributed by atoms with Crippen molar-refractivity contribution < 1.29 is 0 Å². The fraction of sp³-hybridized carbons (Fsp3) is 0. The van der Waals surface area contributed by atoms with E-state index in [0.29, 0.717) is 5.11 Å². The van der Waals surface area contributed by atoms with E-state index in [9.17, 15) is 0 Å². The van der Waals surface area contributed by atoms with Gasteiger partial charge >= 0.3 is 0 Å². The molecule has 4 aromatic rings. The van der Waals surface area contributed by atoms with E-state index in [0.717, 1.165) is 11.3 Å². The van der Waals surface area contributed by atoms with E-state index in [1.54, 1.807) is 0 Å². The first-order chi connectivity index (χ1) is 12.8. The smallest absolute Gasteiger partial charge is 0.191 e. The summed E-state index contributed by atoms with van der Waals surface area (Å²) in [5.74, 6) is 0. The van der Waals surface area contributed by atoms with Crippen molar-refractivity contribution in [2.75, 3.05) is 5.32 Å². The van der Waals surface area contributed by atoms with E-state index >= 15 is 0 Å². The van der Waals surface area contributed by atoms with Gasteiger partial charge in [-0.2, -0.15) is 5.10 Å². The van der Waals surface area contributed by atoms with Crippen LogP contribution in [0.4, 0.5) is 5.69 Å². The highest BCUT2D eigenvalue weighted by atomic mass is 32.1. The Kier molecular flexibility index (Phi) is 4.58. The quantitative estimate of drug-likeness (QED) is 0.226. The van der Waals surface area contributed by atoms with Crippen LogP contribution < -0.4 is 10.7 Å². The minimum atomic E-state index is 0.456. The van der Waals surface area contributed by atoms with Crippen LogP contribution in [0.5, 0.6) is 0 Å². The molecule has 0 saturated carbocycles. The second-order valence-corrected chi connectivity index (χ2v) is 6.33. The second-order valence-electron chi connectivity index (χ2n) is 5.92. The van der Waals surface area contributed by atoms with Gasteiger partial charge in [0.15, 0.2) is 5.11 Å². The van der Waals surface area contributed by atoms with Crippen molar-refractivity contribution in [3.63, 3.8) is 0 Å². The largest absolute Gasteiger partial charge is 0.331 e. The van der Waals surface area contributed by atoms with Crippen molar-refractivity contribution in [3.8, 4) is 0 Å². The van der Waals surface area contributed by atoms with Crippen LogP contribution in [0.15, 0.2) is 90.0 Å². The second kappa shape index (κ2) is 7.33. The molecule has 0 aliphatic carbocycles. The molecule has 2 N–H and O–H groups in total. The summed E-state index contributed by atoms with van der Waals surface area (Å²) in [7, 11) is 0. The van der Waals surface area contributed by atoms with Crippen molar-refractivity contribution in [1.82, 2.24) is 5.43 Å². The Labute approximate surface area is 157 Å². The van der Waals surface area contributed by atoms with Crippen molar-refractivity contribution in [1.29, 1.82) is 0 Å². The third-order valence-electron chi connectivity index (χ3n) is 4.20. The van der Waals surface area contributed by atoms with Gasteiger partial charge in [-0.15, -0.1) is 0 Å². The average Bonchev–Trinajstić information content (AvgIpc) is 2.68. The van der Waals surface area contributed by atoms with Crippen LogP contribution in [0.2, 0.25) is 0 Å². The number of nitrogens with one attached hydrogen (secondary N) is 2. The van der Waals surface area contributed by atoms with Gasteiger partial charge in [-0.3, -0.25) is 5.43 Å². The fourth-order valence-electron chi connectivity index (χ4n) is 3.02. The zero-order valence-corrected chi connectivity index (χ0v) is 14.8. The first-order valence-electron chi connectivity index (χ1n) is 8.37. The van der Waals surface area contributed by atoms with Crippen LogP contribution in [-0.2, 0) is 0 Å². The molecule has 0 aliphatic rings. The molecule has 0 radical (unpaired) electrons. The summed E-state index contributed by atoms with van der Waals surface area (Å²) >= 11 is 5.31. The summed E-state index contributed by atoms with van der Waals surface area (Å²) in [6, 6.07) is 28.6. The molecule has 4 aromatic carbocycles. The third kappa shape index (κ3) is 3.41. The summed E-state index contributed by atoms with van der Waals surface area (Å²) in [6.45, 7) is 0. The van der Waals surface area contributed by atoms with E-state index in [4.69, 9.17) is 12.2 Å². The van der Waals surface area contributed by atoms with Crippen LogP contribution in [0, 0.1) is 0 Å². The molecule has 0 heterocycles. The molecule has 0 saturated heterocycles. The Morgan fingerprint density at radius 3 is 2.00 bits per heavy atom. The average molecular weight is 355 g/mol. The molecule has 0 aliphatic heterocycles. The predicted molar refractivity (Wildman–Crippen MR) is 115 cm³/mol. The standard InChI is InChI=1S/C22H17N3S/c26-22(24-18-10-2-1-3-11-18)25-23-15-21-19-12-6-4-8-16(19)14-17-9-5-7-13-20(17)21/h1-15H,(H2,24,25,26). The van der Waals surface area contributed by atoms with E-state index in [1.165, 1.54) is 21.5 Å². The molecule has 4 rings (SSSR count). The molecule has 0 aromatic heterocycles. The Morgan fingerprint density at radius 1 is 0.769 bits per heavy atom. The van der Waals surface area contributed by atoms with Gasteiger partial charge in [-0.25, -0.2) is 0 Å². The Bertz CT molecular complexity index is 1050. The Morgan fingerprint density at radius 2 is 1.35 bits per heavy atom. The lowest BCUT2D eigenvalue weighted by Crippen LogP contribution is -2.23. The third-order valence-corrected chi connectivity index (χ3v) is 4.40. The maximum Gasteiger partial charge on any atom is 0.191 e. The number of hydrogen-bond acceptors (Lipinski definition) is 2. The van der Waals surface area contributed by atoms with E-state index in [2.05, 4.69) is 58.3 Å². The molecule has 0 amide bonds. The highest BCUT2D eigenvalue weighted by molar-refractivity contribution is 7.80. The fourth-order valence-corrected chi connectivity index (χ4v) is 3.19. The minimum Gasteiger partial charge on any atom is -0.331 e. The first kappa shape index (κ1) is 16.2. The van der Waals surface area contributed by atoms with Gasteiger partial charge in [0.25, 0.3) is 0 Å². The number of anilines is 1. The lowest BCUT2D eigenvalue weighted by molar-refractivity contribution is 1.05. The molecule has 3 nitrogen and oxygen atoms in total. The first-order valence-corrected chi connectivity index (χ1v) is 8.78. The Balaban J connectivity index is 1.63. The zero-order chi connectivity index (χ0) is 17.8. The van der Waals surface area contributed by atoms with Gasteiger partial charge < -0.3 is 5.32 Å². The van der Waals surface area contributed by atoms with Crippen LogP contribution in [0.1, 0.15) is 5.56 Å². The lowest BCUT2D eigenvalue weighted by atomic mass is 9.97. The zero-order valence-electron chi connectivity index (χ0n) is 14.0. The summed E-state index contributed by atoms with van der Waals surface area (Å²) in [5.41, 5.74) is 4.90. The summed E-state index contributed by atoms with van der Waals surface area (Å²) in [6.07, 6.45) is 1.84.